The van der Waals surface area contributed by atoms with Gasteiger partial charge in [0.05, 0.1) is 6.10 Å². The second-order valence-corrected chi connectivity index (χ2v) is 6.78. The number of amides is 2. The molecule has 3 rings (SSSR count). The Bertz CT molecular complexity index is 512. The smallest absolute Gasteiger partial charge is 0.317 e. The maximum Gasteiger partial charge on any atom is 0.317 e. The van der Waals surface area contributed by atoms with E-state index < -0.39 is 0 Å². The fourth-order valence-electron chi connectivity index (χ4n) is 3.60. The quantitative estimate of drug-likeness (QED) is 0.897. The van der Waals surface area contributed by atoms with Crippen LogP contribution in [0.5, 0.6) is 0 Å². The van der Waals surface area contributed by atoms with Gasteiger partial charge in [0.15, 0.2) is 0 Å². The van der Waals surface area contributed by atoms with Gasteiger partial charge in [-0.15, -0.1) is 0 Å². The van der Waals surface area contributed by atoms with Crippen molar-refractivity contribution in [3.05, 3.63) is 30.3 Å². The number of para-hydroxylation sites is 1. The summed E-state index contributed by atoms with van der Waals surface area (Å²) in [7, 11) is 0. The lowest BCUT2D eigenvalue weighted by atomic mass is 9.92. The molecule has 0 saturated carbocycles. The molecule has 0 aliphatic carbocycles. The molecule has 126 valence electrons. The van der Waals surface area contributed by atoms with Crippen molar-refractivity contribution >= 4 is 11.7 Å². The third-order valence-electron chi connectivity index (χ3n) is 5.15. The van der Waals surface area contributed by atoms with Crippen molar-refractivity contribution in [3.63, 3.8) is 0 Å². The number of hydrogen-bond donors (Lipinski definition) is 2. The fourth-order valence-corrected chi connectivity index (χ4v) is 3.60. The average Bonchev–Trinajstić information content (AvgIpc) is 3.04. The zero-order valence-corrected chi connectivity index (χ0v) is 13.8. The van der Waals surface area contributed by atoms with E-state index in [4.69, 9.17) is 0 Å². The number of anilines is 1. The van der Waals surface area contributed by atoms with Crippen LogP contribution >= 0.6 is 0 Å². The molecule has 5 nitrogen and oxygen atoms in total. The average molecular weight is 317 g/mol. The van der Waals surface area contributed by atoms with Crippen molar-refractivity contribution in [2.24, 2.45) is 5.92 Å². The van der Waals surface area contributed by atoms with Gasteiger partial charge in [0, 0.05) is 37.9 Å². The lowest BCUT2D eigenvalue weighted by Gasteiger charge is -2.34. The third-order valence-corrected chi connectivity index (χ3v) is 5.15. The first kappa shape index (κ1) is 16.1. The van der Waals surface area contributed by atoms with Gasteiger partial charge in [-0.25, -0.2) is 4.79 Å². The van der Waals surface area contributed by atoms with E-state index in [2.05, 4.69) is 22.3 Å². The highest BCUT2D eigenvalue weighted by molar-refractivity contribution is 5.74. The molecule has 2 aliphatic heterocycles. The van der Waals surface area contributed by atoms with Crippen LogP contribution in [0.3, 0.4) is 0 Å². The number of nitrogens with zero attached hydrogens (tertiary/aromatic N) is 2. The van der Waals surface area contributed by atoms with Crippen molar-refractivity contribution in [3.8, 4) is 0 Å². The van der Waals surface area contributed by atoms with Gasteiger partial charge >= 0.3 is 6.03 Å². The van der Waals surface area contributed by atoms with E-state index in [-0.39, 0.29) is 18.2 Å². The van der Waals surface area contributed by atoms with Crippen LogP contribution in [0.1, 0.15) is 26.2 Å². The molecule has 0 bridgehead atoms. The van der Waals surface area contributed by atoms with Crippen LogP contribution in [0, 0.1) is 5.92 Å². The minimum atomic E-state index is -0.269. The van der Waals surface area contributed by atoms with Crippen LogP contribution < -0.4 is 10.2 Å². The van der Waals surface area contributed by atoms with Crippen molar-refractivity contribution < 1.29 is 9.90 Å². The van der Waals surface area contributed by atoms with Crippen LogP contribution in [0.4, 0.5) is 10.5 Å². The number of urea groups is 1. The topological polar surface area (TPSA) is 55.8 Å². The summed E-state index contributed by atoms with van der Waals surface area (Å²) in [5.41, 5.74) is 1.22. The lowest BCUT2D eigenvalue weighted by Crippen LogP contribution is -2.49. The van der Waals surface area contributed by atoms with Crippen LogP contribution in [0.25, 0.3) is 0 Å². The maximum atomic E-state index is 12.4. The minimum absolute atomic E-state index is 0.0500. The first-order valence-electron chi connectivity index (χ1n) is 8.67. The number of carbonyl (C=O) groups excluding carboxylic acids is 1. The van der Waals surface area contributed by atoms with Crippen LogP contribution in [-0.4, -0.2) is 54.4 Å². The fraction of sp³-hybridized carbons (Fsp3) is 0.611. The Morgan fingerprint density at radius 3 is 2.52 bits per heavy atom. The molecule has 0 aromatic heterocycles. The van der Waals surface area contributed by atoms with E-state index >= 15 is 0 Å². The number of aliphatic hydroxyl groups is 1. The molecule has 23 heavy (non-hydrogen) atoms. The minimum Gasteiger partial charge on any atom is -0.393 e. The summed E-state index contributed by atoms with van der Waals surface area (Å²) in [6.45, 7) is 5.20. The Kier molecular flexibility index (Phi) is 5.06. The van der Waals surface area contributed by atoms with E-state index in [0.29, 0.717) is 5.92 Å². The Morgan fingerprint density at radius 2 is 1.87 bits per heavy atom. The number of hydrogen-bond acceptors (Lipinski definition) is 3. The number of piperidine rings is 1. The molecule has 2 atom stereocenters. The molecule has 2 N–H and O–H groups in total. The summed E-state index contributed by atoms with van der Waals surface area (Å²) in [6.07, 6.45) is 2.51. The Labute approximate surface area is 138 Å². The van der Waals surface area contributed by atoms with Gasteiger partial charge in [0.25, 0.3) is 0 Å². The maximum absolute atomic E-state index is 12.4. The predicted molar refractivity (Wildman–Crippen MR) is 91.6 cm³/mol. The molecule has 0 radical (unpaired) electrons. The summed E-state index contributed by atoms with van der Waals surface area (Å²) in [6, 6.07) is 10.6. The standard InChI is InChI=1S/C18H27N3O2/c1-14(22)15-7-10-20(11-8-15)18(23)19-16-9-12-21(13-16)17-5-3-2-4-6-17/h2-6,14-16,22H,7-13H2,1H3,(H,19,23). The molecule has 1 aromatic carbocycles. The van der Waals surface area contributed by atoms with Crippen molar-refractivity contribution in [2.45, 2.75) is 38.3 Å². The van der Waals surface area contributed by atoms with Gasteiger partial charge in [-0.05, 0) is 44.2 Å². The van der Waals surface area contributed by atoms with Crippen LogP contribution in [0.15, 0.2) is 30.3 Å². The van der Waals surface area contributed by atoms with E-state index in [9.17, 15) is 9.90 Å². The number of rotatable bonds is 3. The van der Waals surface area contributed by atoms with Crippen LogP contribution in [0.2, 0.25) is 0 Å². The van der Waals surface area contributed by atoms with Gasteiger partial charge in [-0.2, -0.15) is 0 Å². The normalized spacial score (nSPS) is 23.8. The van der Waals surface area contributed by atoms with Gasteiger partial charge in [-0.1, -0.05) is 18.2 Å². The molecule has 1 aromatic rings. The summed E-state index contributed by atoms with van der Waals surface area (Å²) in [5, 5.41) is 12.8. The SMILES string of the molecule is CC(O)C1CCN(C(=O)NC2CCN(c3ccccc3)C2)CC1. The second kappa shape index (κ2) is 7.21. The zero-order chi connectivity index (χ0) is 16.2. The molecule has 2 amide bonds. The zero-order valence-electron chi connectivity index (χ0n) is 13.8. The van der Waals surface area contributed by atoms with Gasteiger partial charge < -0.3 is 20.2 Å². The Hall–Kier alpha value is -1.75. The molecule has 2 fully saturated rings. The number of nitrogens with one attached hydrogen (secondary N) is 1. The van der Waals surface area contributed by atoms with Gasteiger partial charge in [0.2, 0.25) is 0 Å². The third kappa shape index (κ3) is 3.96. The van der Waals surface area contributed by atoms with Crippen LogP contribution in [-0.2, 0) is 0 Å². The summed E-state index contributed by atoms with van der Waals surface area (Å²) in [4.78, 5) is 16.6. The number of benzene rings is 1. The van der Waals surface area contributed by atoms with E-state index in [1.807, 2.05) is 30.0 Å². The van der Waals surface area contributed by atoms with E-state index in [1.165, 1.54) is 5.69 Å². The lowest BCUT2D eigenvalue weighted by molar-refractivity contribution is 0.0794. The highest BCUT2D eigenvalue weighted by atomic mass is 16.3. The second-order valence-electron chi connectivity index (χ2n) is 6.78. The molecule has 2 aliphatic rings. The molecule has 2 saturated heterocycles. The molecule has 5 heteroatoms. The summed E-state index contributed by atoms with van der Waals surface area (Å²) in [5.74, 6) is 0.333. The number of likely N-dealkylation sites (tertiary alicyclic amines) is 1. The largest absolute Gasteiger partial charge is 0.393 e. The highest BCUT2D eigenvalue weighted by Gasteiger charge is 2.29. The number of aliphatic hydroxyl groups excluding tert-OH is 1. The first-order valence-corrected chi connectivity index (χ1v) is 8.67. The molecule has 0 spiro atoms. The summed E-state index contributed by atoms with van der Waals surface area (Å²) >= 11 is 0. The Morgan fingerprint density at radius 1 is 1.17 bits per heavy atom. The highest BCUT2D eigenvalue weighted by Crippen LogP contribution is 2.22. The van der Waals surface area contributed by atoms with Crippen molar-refractivity contribution in [2.75, 3.05) is 31.1 Å². The first-order chi connectivity index (χ1) is 11.1. The molecule has 2 heterocycles. The Balaban J connectivity index is 1.46. The number of carbonyl (C=O) groups is 1. The van der Waals surface area contributed by atoms with E-state index in [1.54, 1.807) is 0 Å². The monoisotopic (exact) mass is 317 g/mol. The van der Waals surface area contributed by atoms with Crippen molar-refractivity contribution in [1.82, 2.24) is 10.2 Å². The van der Waals surface area contributed by atoms with Crippen molar-refractivity contribution in [1.29, 1.82) is 0 Å². The molecule has 2 unspecified atom stereocenters. The predicted octanol–water partition coefficient (Wildman–Crippen LogP) is 2.07. The molecular weight excluding hydrogens is 290 g/mol. The van der Waals surface area contributed by atoms with Gasteiger partial charge in [0.1, 0.15) is 0 Å². The van der Waals surface area contributed by atoms with E-state index in [0.717, 1.165) is 45.4 Å². The van der Waals surface area contributed by atoms with Gasteiger partial charge in [-0.3, -0.25) is 0 Å². The molecular formula is C18H27N3O2. The summed E-state index contributed by atoms with van der Waals surface area (Å²) < 4.78 is 0.